The first-order valence-corrected chi connectivity index (χ1v) is 13.4. The van der Waals surface area contributed by atoms with Crippen molar-refractivity contribution >= 4 is 21.6 Å². The van der Waals surface area contributed by atoms with E-state index in [1.807, 2.05) is 26.0 Å². The van der Waals surface area contributed by atoms with Crippen molar-refractivity contribution in [1.82, 2.24) is 10.2 Å². The summed E-state index contributed by atoms with van der Waals surface area (Å²) in [5, 5.41) is 2.94. The number of hydrogen-bond acceptors (Lipinski definition) is 4. The van der Waals surface area contributed by atoms with Gasteiger partial charge in [0, 0.05) is 19.1 Å². The topological polar surface area (TPSA) is 69.7 Å². The number of sulfonamides is 1. The number of carbonyl (C=O) groups is 1. The molecule has 0 saturated carbocycles. The summed E-state index contributed by atoms with van der Waals surface area (Å²) in [4.78, 5) is 15.5. The summed E-state index contributed by atoms with van der Waals surface area (Å²) in [6, 6.07) is 14.5. The number of piperidine rings is 1. The number of carbonyl (C=O) groups excluding carboxylic acids is 1. The van der Waals surface area contributed by atoms with E-state index in [1.165, 1.54) is 23.6 Å². The average Bonchev–Trinajstić information content (AvgIpc) is 2.81. The Morgan fingerprint density at radius 2 is 1.88 bits per heavy atom. The highest BCUT2D eigenvalue weighted by atomic mass is 32.2. The Kier molecular flexibility index (Phi) is 8.92. The van der Waals surface area contributed by atoms with Crippen molar-refractivity contribution < 1.29 is 13.2 Å². The maximum atomic E-state index is 13.5. The third-order valence-electron chi connectivity index (χ3n) is 6.40. The molecule has 1 unspecified atom stereocenters. The molecule has 2 aromatic carbocycles. The lowest BCUT2D eigenvalue weighted by atomic mass is 10.00. The van der Waals surface area contributed by atoms with Crippen LogP contribution in [0.25, 0.3) is 0 Å². The molecule has 1 N–H and O–H groups in total. The lowest BCUT2D eigenvalue weighted by Crippen LogP contribution is -2.43. The molecule has 1 heterocycles. The van der Waals surface area contributed by atoms with E-state index < -0.39 is 10.0 Å². The zero-order valence-corrected chi connectivity index (χ0v) is 20.9. The fourth-order valence-corrected chi connectivity index (χ4v) is 6.12. The van der Waals surface area contributed by atoms with Gasteiger partial charge in [0.2, 0.25) is 5.91 Å². The van der Waals surface area contributed by atoms with E-state index in [4.69, 9.17) is 0 Å². The molecule has 0 bridgehead atoms. The van der Waals surface area contributed by atoms with Crippen LogP contribution in [0.1, 0.15) is 50.2 Å². The van der Waals surface area contributed by atoms with Gasteiger partial charge in [0.25, 0.3) is 10.0 Å². The lowest BCUT2D eigenvalue weighted by Gasteiger charge is -2.35. The van der Waals surface area contributed by atoms with E-state index in [2.05, 4.69) is 17.1 Å². The molecule has 1 atom stereocenters. The molecular formula is C26H37N3O3S. The minimum absolute atomic E-state index is 0.175. The van der Waals surface area contributed by atoms with Crippen molar-refractivity contribution in [3.63, 3.8) is 0 Å². The van der Waals surface area contributed by atoms with Crippen LogP contribution in [-0.4, -0.2) is 51.4 Å². The Bertz CT molecular complexity index is 1020. The number of amides is 1. The monoisotopic (exact) mass is 471 g/mol. The number of benzene rings is 2. The third kappa shape index (κ3) is 6.58. The largest absolute Gasteiger partial charge is 0.354 e. The number of anilines is 1. The van der Waals surface area contributed by atoms with Crippen LogP contribution in [0.5, 0.6) is 0 Å². The van der Waals surface area contributed by atoms with Crippen molar-refractivity contribution in [3.8, 4) is 0 Å². The van der Waals surface area contributed by atoms with E-state index in [1.54, 1.807) is 36.4 Å². The molecule has 33 heavy (non-hydrogen) atoms. The summed E-state index contributed by atoms with van der Waals surface area (Å²) in [5.41, 5.74) is 2.39. The van der Waals surface area contributed by atoms with Crippen molar-refractivity contribution in [3.05, 3.63) is 59.7 Å². The first-order valence-electron chi connectivity index (χ1n) is 12.0. The standard InChI is InChI=1S/C26H37N3O3S/c1-4-23-11-8-9-17-28(23)18-10-16-27-26(30)20-29(25-15-14-21(2)19-22(25)3)33(31,32)24-12-6-5-7-13-24/h5-7,12-15,19,23H,4,8-11,16-18,20H2,1-3H3,(H,27,30). The van der Waals surface area contributed by atoms with Crippen LogP contribution >= 0.6 is 0 Å². The van der Waals surface area contributed by atoms with Gasteiger partial charge in [-0.05, 0) is 69.8 Å². The maximum absolute atomic E-state index is 13.5. The number of rotatable bonds is 10. The second-order valence-electron chi connectivity index (χ2n) is 8.91. The normalized spacial score (nSPS) is 17.0. The van der Waals surface area contributed by atoms with Crippen LogP contribution in [0, 0.1) is 13.8 Å². The summed E-state index contributed by atoms with van der Waals surface area (Å²) in [6.45, 7) is 8.45. The molecule has 3 rings (SSSR count). The van der Waals surface area contributed by atoms with Crippen LogP contribution in [-0.2, 0) is 14.8 Å². The Hall–Kier alpha value is -2.38. The molecule has 1 aliphatic rings. The highest BCUT2D eigenvalue weighted by Gasteiger charge is 2.28. The molecule has 180 valence electrons. The van der Waals surface area contributed by atoms with Crippen LogP contribution in [0.3, 0.4) is 0 Å². The molecule has 6 nitrogen and oxygen atoms in total. The second-order valence-corrected chi connectivity index (χ2v) is 10.8. The maximum Gasteiger partial charge on any atom is 0.264 e. The molecule has 0 spiro atoms. The zero-order chi connectivity index (χ0) is 23.8. The summed E-state index contributed by atoms with van der Waals surface area (Å²) >= 11 is 0. The predicted molar refractivity (Wildman–Crippen MR) is 134 cm³/mol. The number of aryl methyl sites for hydroxylation is 2. The number of nitrogens with zero attached hydrogens (tertiary/aromatic N) is 2. The van der Waals surface area contributed by atoms with Gasteiger partial charge in [-0.1, -0.05) is 49.2 Å². The van der Waals surface area contributed by atoms with Crippen molar-refractivity contribution in [2.24, 2.45) is 0 Å². The molecule has 1 fully saturated rings. The highest BCUT2D eigenvalue weighted by Crippen LogP contribution is 2.27. The Balaban J connectivity index is 1.68. The Morgan fingerprint density at radius 3 is 2.58 bits per heavy atom. The fraction of sp³-hybridized carbons (Fsp3) is 0.500. The molecule has 0 aromatic heterocycles. The minimum Gasteiger partial charge on any atom is -0.354 e. The minimum atomic E-state index is -3.88. The van der Waals surface area contributed by atoms with Crippen LogP contribution < -0.4 is 9.62 Å². The number of nitrogens with one attached hydrogen (secondary N) is 1. The Morgan fingerprint density at radius 1 is 1.12 bits per heavy atom. The molecule has 2 aromatic rings. The van der Waals surface area contributed by atoms with Gasteiger partial charge in [0.15, 0.2) is 0 Å². The van der Waals surface area contributed by atoms with Gasteiger partial charge in [-0.2, -0.15) is 0 Å². The summed E-state index contributed by atoms with van der Waals surface area (Å²) in [6.07, 6.45) is 5.82. The van der Waals surface area contributed by atoms with Gasteiger partial charge in [-0.25, -0.2) is 8.42 Å². The van der Waals surface area contributed by atoms with Gasteiger partial charge >= 0.3 is 0 Å². The zero-order valence-electron chi connectivity index (χ0n) is 20.1. The quantitative estimate of drug-likeness (QED) is 0.526. The van der Waals surface area contributed by atoms with Gasteiger partial charge in [-0.15, -0.1) is 0 Å². The molecule has 7 heteroatoms. The van der Waals surface area contributed by atoms with Crippen LogP contribution in [0.4, 0.5) is 5.69 Å². The van der Waals surface area contributed by atoms with Crippen molar-refractivity contribution in [2.45, 2.75) is 63.8 Å². The molecule has 1 amide bonds. The van der Waals surface area contributed by atoms with Gasteiger partial charge in [0.1, 0.15) is 6.54 Å². The summed E-state index contributed by atoms with van der Waals surface area (Å²) in [7, 11) is -3.88. The fourth-order valence-electron chi connectivity index (χ4n) is 4.62. The van der Waals surface area contributed by atoms with E-state index >= 15 is 0 Å². The first-order chi connectivity index (χ1) is 15.8. The predicted octanol–water partition coefficient (Wildman–Crippen LogP) is 4.27. The summed E-state index contributed by atoms with van der Waals surface area (Å²) < 4.78 is 28.1. The first kappa shape index (κ1) is 25.2. The number of likely N-dealkylation sites (tertiary alicyclic amines) is 1. The summed E-state index contributed by atoms with van der Waals surface area (Å²) in [5.74, 6) is -0.292. The van der Waals surface area contributed by atoms with Crippen LogP contribution in [0.2, 0.25) is 0 Å². The number of hydrogen-bond donors (Lipinski definition) is 1. The molecule has 1 aliphatic heterocycles. The molecule has 1 saturated heterocycles. The highest BCUT2D eigenvalue weighted by molar-refractivity contribution is 7.92. The Labute approximate surface area is 199 Å². The van der Waals surface area contributed by atoms with Crippen molar-refractivity contribution in [1.29, 1.82) is 0 Å². The molecular weight excluding hydrogens is 434 g/mol. The van der Waals surface area contributed by atoms with E-state index in [0.717, 1.165) is 37.1 Å². The second kappa shape index (κ2) is 11.7. The van der Waals surface area contributed by atoms with Gasteiger partial charge < -0.3 is 10.2 Å². The molecule has 0 aliphatic carbocycles. The van der Waals surface area contributed by atoms with E-state index in [-0.39, 0.29) is 17.3 Å². The SMILES string of the molecule is CCC1CCCCN1CCCNC(=O)CN(c1ccc(C)cc1C)S(=O)(=O)c1ccccc1. The van der Waals surface area contributed by atoms with E-state index in [0.29, 0.717) is 18.3 Å². The third-order valence-corrected chi connectivity index (χ3v) is 8.18. The molecule has 0 radical (unpaired) electrons. The van der Waals surface area contributed by atoms with Gasteiger partial charge in [0.05, 0.1) is 10.6 Å². The lowest BCUT2D eigenvalue weighted by molar-refractivity contribution is -0.119. The van der Waals surface area contributed by atoms with E-state index in [9.17, 15) is 13.2 Å². The average molecular weight is 472 g/mol. The van der Waals surface area contributed by atoms with Gasteiger partial charge in [-0.3, -0.25) is 9.10 Å². The van der Waals surface area contributed by atoms with Crippen molar-refractivity contribution in [2.75, 3.05) is 30.5 Å². The smallest absolute Gasteiger partial charge is 0.264 e. The van der Waals surface area contributed by atoms with Crippen LogP contribution in [0.15, 0.2) is 53.4 Å².